The molecule has 0 spiro atoms. The van der Waals surface area contributed by atoms with E-state index in [-0.39, 0.29) is 24.2 Å². The van der Waals surface area contributed by atoms with Gasteiger partial charge in [-0.1, -0.05) is 17.7 Å². The third kappa shape index (κ3) is 4.39. The molecule has 8 heteroatoms. The van der Waals surface area contributed by atoms with Gasteiger partial charge in [-0.15, -0.1) is 12.4 Å². The van der Waals surface area contributed by atoms with Gasteiger partial charge in [-0.05, 0) is 18.2 Å². The van der Waals surface area contributed by atoms with Gasteiger partial charge in [0, 0.05) is 49.9 Å². The number of hydrogen-bond acceptors (Lipinski definition) is 4. The highest BCUT2D eigenvalue weighted by atomic mass is 35.5. The number of rotatable bonds is 2. The van der Waals surface area contributed by atoms with Crippen LogP contribution in [0.1, 0.15) is 10.4 Å². The molecule has 0 aromatic heterocycles. The summed E-state index contributed by atoms with van der Waals surface area (Å²) < 4.78 is 5.50. The van der Waals surface area contributed by atoms with Crippen LogP contribution in [-0.2, 0) is 9.53 Å². The molecule has 2 heterocycles. The molecule has 2 amide bonds. The van der Waals surface area contributed by atoms with E-state index in [4.69, 9.17) is 16.3 Å². The van der Waals surface area contributed by atoms with E-state index in [1.54, 1.807) is 34.1 Å². The topological polar surface area (TPSA) is 61.9 Å². The Morgan fingerprint density at radius 1 is 1.17 bits per heavy atom. The van der Waals surface area contributed by atoms with Gasteiger partial charge >= 0.3 is 0 Å². The second kappa shape index (κ2) is 8.67. The molecule has 2 aliphatic rings. The molecule has 2 fully saturated rings. The van der Waals surface area contributed by atoms with E-state index in [1.165, 1.54) is 0 Å². The summed E-state index contributed by atoms with van der Waals surface area (Å²) in [5, 5.41) is 3.71. The minimum absolute atomic E-state index is 0. The standard InChI is InChI=1S/C16H20ClN3O3.ClH/c17-13-3-1-2-12(10-13)15(21)19-5-7-20(8-6-19)16(22)14-11-18-4-9-23-14;/h1-3,10,14,18H,4-9,11H2;1H. The lowest BCUT2D eigenvalue weighted by atomic mass is 10.1. The quantitative estimate of drug-likeness (QED) is 0.840. The molecule has 132 valence electrons. The normalized spacial score (nSPS) is 21.1. The van der Waals surface area contributed by atoms with Crippen molar-refractivity contribution in [3.63, 3.8) is 0 Å². The van der Waals surface area contributed by atoms with Crippen LogP contribution in [0.4, 0.5) is 0 Å². The van der Waals surface area contributed by atoms with Crippen LogP contribution in [0.25, 0.3) is 0 Å². The smallest absolute Gasteiger partial charge is 0.254 e. The van der Waals surface area contributed by atoms with Crippen molar-refractivity contribution >= 4 is 35.8 Å². The Hall–Kier alpha value is -1.34. The second-order valence-electron chi connectivity index (χ2n) is 5.69. The van der Waals surface area contributed by atoms with Crippen molar-refractivity contribution in [2.75, 3.05) is 45.9 Å². The average molecular weight is 374 g/mol. The van der Waals surface area contributed by atoms with E-state index >= 15 is 0 Å². The zero-order valence-electron chi connectivity index (χ0n) is 13.2. The van der Waals surface area contributed by atoms with E-state index in [9.17, 15) is 9.59 Å². The number of halogens is 2. The molecule has 2 saturated heterocycles. The van der Waals surface area contributed by atoms with Crippen LogP contribution < -0.4 is 5.32 Å². The van der Waals surface area contributed by atoms with E-state index < -0.39 is 6.10 Å². The largest absolute Gasteiger partial charge is 0.366 e. The number of piperazine rings is 1. The Morgan fingerprint density at radius 3 is 2.50 bits per heavy atom. The Bertz CT molecular complexity index is 586. The average Bonchev–Trinajstić information content (AvgIpc) is 2.61. The Labute approximate surface area is 152 Å². The van der Waals surface area contributed by atoms with Gasteiger partial charge in [0.2, 0.25) is 0 Å². The Balaban J connectivity index is 0.00000208. The molecular formula is C16H21Cl2N3O3. The predicted molar refractivity (Wildman–Crippen MR) is 93.8 cm³/mol. The molecule has 1 aromatic carbocycles. The number of amides is 2. The van der Waals surface area contributed by atoms with Crippen molar-refractivity contribution in [1.82, 2.24) is 15.1 Å². The number of benzene rings is 1. The lowest BCUT2D eigenvalue weighted by Crippen LogP contribution is -2.56. The highest BCUT2D eigenvalue weighted by Crippen LogP contribution is 2.15. The first-order valence-electron chi connectivity index (χ1n) is 7.81. The summed E-state index contributed by atoms with van der Waals surface area (Å²) in [6, 6.07) is 6.94. The monoisotopic (exact) mass is 373 g/mol. The lowest BCUT2D eigenvalue weighted by Gasteiger charge is -2.37. The zero-order chi connectivity index (χ0) is 16.2. The number of carbonyl (C=O) groups is 2. The van der Waals surface area contributed by atoms with Crippen molar-refractivity contribution in [2.45, 2.75) is 6.10 Å². The molecule has 0 saturated carbocycles. The summed E-state index contributed by atoms with van der Waals surface area (Å²) in [6.45, 7) is 4.01. The van der Waals surface area contributed by atoms with Gasteiger partial charge in [-0.2, -0.15) is 0 Å². The molecule has 3 rings (SSSR count). The maximum atomic E-state index is 12.5. The Morgan fingerprint density at radius 2 is 1.88 bits per heavy atom. The third-order valence-electron chi connectivity index (χ3n) is 4.15. The van der Waals surface area contributed by atoms with E-state index in [1.807, 2.05) is 0 Å². The van der Waals surface area contributed by atoms with Gasteiger partial charge in [-0.3, -0.25) is 9.59 Å². The van der Waals surface area contributed by atoms with Crippen molar-refractivity contribution in [2.24, 2.45) is 0 Å². The van der Waals surface area contributed by atoms with Crippen molar-refractivity contribution < 1.29 is 14.3 Å². The molecule has 0 bridgehead atoms. The summed E-state index contributed by atoms with van der Waals surface area (Å²) in [5.41, 5.74) is 0.581. The van der Waals surface area contributed by atoms with Crippen molar-refractivity contribution in [1.29, 1.82) is 0 Å². The molecule has 0 aliphatic carbocycles. The molecule has 1 unspecified atom stereocenters. The predicted octanol–water partition coefficient (Wildman–Crippen LogP) is 1.03. The summed E-state index contributed by atoms with van der Waals surface area (Å²) in [6.07, 6.45) is -0.404. The van der Waals surface area contributed by atoms with Gasteiger partial charge < -0.3 is 19.9 Å². The fraction of sp³-hybridized carbons (Fsp3) is 0.500. The van der Waals surface area contributed by atoms with Gasteiger partial charge in [0.15, 0.2) is 0 Å². The van der Waals surface area contributed by atoms with Crippen LogP contribution in [0, 0.1) is 0 Å². The fourth-order valence-electron chi connectivity index (χ4n) is 2.86. The second-order valence-corrected chi connectivity index (χ2v) is 6.13. The summed E-state index contributed by atoms with van der Waals surface area (Å²) in [5.74, 6) is -0.0396. The van der Waals surface area contributed by atoms with Gasteiger partial charge in [0.05, 0.1) is 6.61 Å². The van der Waals surface area contributed by atoms with E-state index in [0.717, 1.165) is 6.54 Å². The molecule has 1 N–H and O–H groups in total. The van der Waals surface area contributed by atoms with Crippen molar-refractivity contribution in [3.05, 3.63) is 34.9 Å². The molecule has 24 heavy (non-hydrogen) atoms. The minimum Gasteiger partial charge on any atom is -0.366 e. The van der Waals surface area contributed by atoms with Crippen LogP contribution in [0.15, 0.2) is 24.3 Å². The maximum Gasteiger partial charge on any atom is 0.254 e. The molecule has 0 radical (unpaired) electrons. The molecule has 6 nitrogen and oxygen atoms in total. The third-order valence-corrected chi connectivity index (χ3v) is 4.39. The van der Waals surface area contributed by atoms with Crippen LogP contribution in [-0.4, -0.2) is 73.6 Å². The summed E-state index contributed by atoms with van der Waals surface area (Å²) in [4.78, 5) is 28.4. The molecule has 2 aliphatic heterocycles. The van der Waals surface area contributed by atoms with E-state index in [2.05, 4.69) is 5.32 Å². The van der Waals surface area contributed by atoms with Crippen LogP contribution >= 0.6 is 24.0 Å². The summed E-state index contributed by atoms with van der Waals surface area (Å²) >= 11 is 5.94. The van der Waals surface area contributed by atoms with Gasteiger partial charge in [0.1, 0.15) is 6.10 Å². The minimum atomic E-state index is -0.404. The first-order valence-corrected chi connectivity index (χ1v) is 8.19. The maximum absolute atomic E-state index is 12.5. The highest BCUT2D eigenvalue weighted by molar-refractivity contribution is 6.30. The number of carbonyl (C=O) groups excluding carboxylic acids is 2. The van der Waals surface area contributed by atoms with Crippen LogP contribution in [0.2, 0.25) is 5.02 Å². The SMILES string of the molecule is Cl.O=C(c1cccc(Cl)c1)N1CCN(C(=O)C2CNCCO2)CC1. The molecule has 1 aromatic rings. The zero-order valence-corrected chi connectivity index (χ0v) is 14.8. The van der Waals surface area contributed by atoms with Crippen LogP contribution in [0.3, 0.4) is 0 Å². The number of nitrogens with one attached hydrogen (secondary N) is 1. The highest BCUT2D eigenvalue weighted by Gasteiger charge is 2.30. The first-order chi connectivity index (χ1) is 11.1. The number of morpholine rings is 1. The van der Waals surface area contributed by atoms with Gasteiger partial charge in [-0.25, -0.2) is 0 Å². The van der Waals surface area contributed by atoms with Gasteiger partial charge in [0.25, 0.3) is 11.8 Å². The molecule has 1 atom stereocenters. The number of ether oxygens (including phenoxy) is 1. The van der Waals surface area contributed by atoms with Crippen molar-refractivity contribution in [3.8, 4) is 0 Å². The number of hydrogen-bond donors (Lipinski definition) is 1. The van der Waals surface area contributed by atoms with Crippen LogP contribution in [0.5, 0.6) is 0 Å². The summed E-state index contributed by atoms with van der Waals surface area (Å²) in [7, 11) is 0. The molecular weight excluding hydrogens is 353 g/mol. The fourth-order valence-corrected chi connectivity index (χ4v) is 3.05. The number of nitrogens with zero attached hydrogens (tertiary/aromatic N) is 2. The van der Waals surface area contributed by atoms with E-state index in [0.29, 0.717) is 49.9 Å². The lowest BCUT2D eigenvalue weighted by molar-refractivity contribution is -0.146. The first kappa shape index (κ1) is 19.0. The Kier molecular flexibility index (Phi) is 6.86.